The van der Waals surface area contributed by atoms with E-state index in [0.29, 0.717) is 0 Å². The highest BCUT2D eigenvalue weighted by Gasteiger charge is 2.30. The van der Waals surface area contributed by atoms with Crippen molar-refractivity contribution < 1.29 is 0 Å². The minimum atomic E-state index is 0.765. The summed E-state index contributed by atoms with van der Waals surface area (Å²) in [6.07, 6.45) is 13.2. The van der Waals surface area contributed by atoms with Crippen molar-refractivity contribution in [1.29, 1.82) is 0 Å². The van der Waals surface area contributed by atoms with Gasteiger partial charge in [0.25, 0.3) is 0 Å². The van der Waals surface area contributed by atoms with E-state index in [1.165, 1.54) is 6.42 Å². The molecule has 0 unspecified atom stereocenters. The van der Waals surface area contributed by atoms with Crippen LogP contribution in [-0.2, 0) is 0 Å². The Bertz CT molecular complexity index is 174. The van der Waals surface area contributed by atoms with Gasteiger partial charge in [-0.3, -0.25) is 0 Å². The molecule has 0 aromatic heterocycles. The average Bonchev–Trinajstić information content (AvgIpc) is 2.77. The van der Waals surface area contributed by atoms with Gasteiger partial charge in [0.15, 0.2) is 0 Å². The Morgan fingerprint density at radius 1 is 1.36 bits per heavy atom. The molecule has 0 saturated heterocycles. The predicted molar refractivity (Wildman–Crippen MR) is 50.4 cm³/mol. The normalized spacial score (nSPS) is 29.9. The van der Waals surface area contributed by atoms with E-state index in [9.17, 15) is 0 Å². The highest BCUT2D eigenvalue weighted by atomic mass is 14.3. The second-order valence-electron chi connectivity index (χ2n) is 3.02. The predicted octanol–water partition coefficient (Wildman–Crippen LogP) is 3.33. The number of rotatable bonds is 4. The van der Waals surface area contributed by atoms with Gasteiger partial charge in [-0.25, -0.2) is 0 Å². The van der Waals surface area contributed by atoms with Gasteiger partial charge < -0.3 is 0 Å². The largest absolute Gasteiger partial charge is 0.103 e. The van der Waals surface area contributed by atoms with E-state index in [0.717, 1.165) is 18.3 Å². The molecule has 0 N–H and O–H groups in total. The van der Waals surface area contributed by atoms with E-state index in [2.05, 4.69) is 43.9 Å². The molecule has 0 heterocycles. The van der Waals surface area contributed by atoms with E-state index in [1.807, 2.05) is 0 Å². The summed E-state index contributed by atoms with van der Waals surface area (Å²) in [5.41, 5.74) is 0. The molecule has 0 bridgehead atoms. The van der Waals surface area contributed by atoms with Crippen molar-refractivity contribution >= 4 is 0 Å². The maximum absolute atomic E-state index is 3.77. The Balaban J connectivity index is 2.17. The quantitative estimate of drug-likeness (QED) is 0.424. The van der Waals surface area contributed by atoms with Crippen LogP contribution in [0.25, 0.3) is 0 Å². The molecular weight excluding hydrogens is 132 g/mol. The van der Waals surface area contributed by atoms with Gasteiger partial charge in [0.1, 0.15) is 0 Å². The zero-order valence-electron chi connectivity index (χ0n) is 7.16. The van der Waals surface area contributed by atoms with Crippen LogP contribution in [0, 0.1) is 11.8 Å². The molecule has 11 heavy (non-hydrogen) atoms. The smallest absolute Gasteiger partial charge is 0.0161 e. The molecule has 0 nitrogen and oxygen atoms in total. The van der Waals surface area contributed by atoms with Crippen LogP contribution in [0.5, 0.6) is 0 Å². The van der Waals surface area contributed by atoms with E-state index in [4.69, 9.17) is 0 Å². The van der Waals surface area contributed by atoms with Gasteiger partial charge >= 0.3 is 0 Å². The van der Waals surface area contributed by atoms with Crippen LogP contribution >= 0.6 is 0 Å². The highest BCUT2D eigenvalue weighted by Crippen LogP contribution is 2.40. The minimum absolute atomic E-state index is 0.765. The van der Waals surface area contributed by atoms with Gasteiger partial charge in [0.2, 0.25) is 0 Å². The lowest BCUT2D eigenvalue weighted by molar-refractivity contribution is 0.998. The van der Waals surface area contributed by atoms with Crippen LogP contribution in [0.2, 0.25) is 0 Å². The molecule has 1 saturated carbocycles. The van der Waals surface area contributed by atoms with Crippen molar-refractivity contribution in [3.8, 4) is 0 Å². The lowest BCUT2D eigenvalue weighted by Crippen LogP contribution is -1.68. The SMILES string of the molecule is C=C[C@@H]1C[C@@H]1/C=C/C=C/CC. The first-order valence-electron chi connectivity index (χ1n) is 4.34. The zero-order valence-corrected chi connectivity index (χ0v) is 7.16. The molecule has 2 atom stereocenters. The van der Waals surface area contributed by atoms with Crippen LogP contribution < -0.4 is 0 Å². The van der Waals surface area contributed by atoms with E-state index in [1.54, 1.807) is 0 Å². The van der Waals surface area contributed by atoms with Crippen molar-refractivity contribution in [3.05, 3.63) is 37.0 Å². The Morgan fingerprint density at radius 3 is 2.73 bits per heavy atom. The third-order valence-electron chi connectivity index (χ3n) is 2.04. The second kappa shape index (κ2) is 4.17. The first-order chi connectivity index (χ1) is 5.38. The Kier molecular flexibility index (Phi) is 3.15. The summed E-state index contributed by atoms with van der Waals surface area (Å²) in [5, 5.41) is 0. The third-order valence-corrected chi connectivity index (χ3v) is 2.04. The van der Waals surface area contributed by atoms with Crippen LogP contribution in [-0.4, -0.2) is 0 Å². The molecule has 0 aliphatic heterocycles. The van der Waals surface area contributed by atoms with Crippen molar-refractivity contribution in [2.45, 2.75) is 19.8 Å². The Labute approximate surface area is 69.3 Å². The van der Waals surface area contributed by atoms with E-state index >= 15 is 0 Å². The summed E-state index contributed by atoms with van der Waals surface area (Å²) in [4.78, 5) is 0. The number of allylic oxidation sites excluding steroid dienone is 5. The molecule has 0 spiro atoms. The van der Waals surface area contributed by atoms with Crippen LogP contribution in [0.3, 0.4) is 0 Å². The fourth-order valence-electron chi connectivity index (χ4n) is 1.15. The van der Waals surface area contributed by atoms with Gasteiger partial charge in [-0.1, -0.05) is 37.3 Å². The standard InChI is InChI=1S/C11H16/c1-3-5-6-7-8-11-9-10(11)4-2/h4-8,10-11H,2-3,9H2,1H3/b6-5+,8-7+/t10-,11+/m1/s1. The molecule has 1 fully saturated rings. The van der Waals surface area contributed by atoms with Crippen LogP contribution in [0.1, 0.15) is 19.8 Å². The lowest BCUT2D eigenvalue weighted by atomic mass is 10.3. The minimum Gasteiger partial charge on any atom is -0.103 e. The summed E-state index contributed by atoms with van der Waals surface area (Å²) in [5.74, 6) is 1.55. The third kappa shape index (κ3) is 2.75. The molecule has 0 radical (unpaired) electrons. The topological polar surface area (TPSA) is 0 Å². The molecule has 1 rings (SSSR count). The average molecular weight is 148 g/mol. The number of hydrogen-bond donors (Lipinski definition) is 0. The Hall–Kier alpha value is -0.780. The first-order valence-corrected chi connectivity index (χ1v) is 4.34. The van der Waals surface area contributed by atoms with Crippen molar-refractivity contribution in [3.63, 3.8) is 0 Å². The molecule has 0 aromatic carbocycles. The maximum Gasteiger partial charge on any atom is -0.0161 e. The summed E-state index contributed by atoms with van der Waals surface area (Å²) >= 11 is 0. The molecule has 60 valence electrons. The van der Waals surface area contributed by atoms with E-state index in [-0.39, 0.29) is 0 Å². The van der Waals surface area contributed by atoms with Gasteiger partial charge in [-0.15, -0.1) is 6.58 Å². The molecular formula is C11H16. The van der Waals surface area contributed by atoms with Gasteiger partial charge in [-0.05, 0) is 24.7 Å². The summed E-state index contributed by atoms with van der Waals surface area (Å²) < 4.78 is 0. The second-order valence-corrected chi connectivity index (χ2v) is 3.02. The molecule has 0 amide bonds. The van der Waals surface area contributed by atoms with Crippen LogP contribution in [0.15, 0.2) is 37.0 Å². The molecule has 0 aromatic rings. The van der Waals surface area contributed by atoms with Gasteiger partial charge in [0.05, 0.1) is 0 Å². The summed E-state index contributed by atoms with van der Waals surface area (Å²) in [7, 11) is 0. The number of hydrogen-bond acceptors (Lipinski definition) is 0. The fourth-order valence-corrected chi connectivity index (χ4v) is 1.15. The monoisotopic (exact) mass is 148 g/mol. The van der Waals surface area contributed by atoms with Crippen LogP contribution in [0.4, 0.5) is 0 Å². The van der Waals surface area contributed by atoms with Crippen molar-refractivity contribution in [1.82, 2.24) is 0 Å². The van der Waals surface area contributed by atoms with E-state index < -0.39 is 0 Å². The van der Waals surface area contributed by atoms with Crippen molar-refractivity contribution in [2.24, 2.45) is 11.8 Å². The summed E-state index contributed by atoms with van der Waals surface area (Å²) in [6, 6.07) is 0. The molecule has 1 aliphatic rings. The first kappa shape index (κ1) is 8.32. The highest BCUT2D eigenvalue weighted by molar-refractivity contribution is 5.13. The molecule has 0 heteroatoms. The maximum atomic E-state index is 3.77. The van der Waals surface area contributed by atoms with Crippen molar-refractivity contribution in [2.75, 3.05) is 0 Å². The van der Waals surface area contributed by atoms with Gasteiger partial charge in [-0.2, -0.15) is 0 Å². The Morgan fingerprint density at radius 2 is 2.18 bits per heavy atom. The van der Waals surface area contributed by atoms with Gasteiger partial charge in [0, 0.05) is 0 Å². The lowest BCUT2D eigenvalue weighted by Gasteiger charge is -1.80. The fraction of sp³-hybridized carbons (Fsp3) is 0.455. The zero-order chi connectivity index (χ0) is 8.10. The molecule has 1 aliphatic carbocycles. The summed E-state index contributed by atoms with van der Waals surface area (Å²) in [6.45, 7) is 5.91.